The number of hydrogen-bond donors (Lipinski definition) is 1. The monoisotopic (exact) mass is 237 g/mol. The molecule has 2 aromatic rings. The summed E-state index contributed by atoms with van der Waals surface area (Å²) >= 11 is 6.30. The molecule has 0 aromatic carbocycles. The molecular weight excluding hydrogens is 222 g/mol. The number of hydrogen-bond acceptors (Lipinski definition) is 2. The number of nitrogens with one attached hydrogen (secondary N) is 1. The highest BCUT2D eigenvalue weighted by atomic mass is 35.5. The lowest BCUT2D eigenvalue weighted by atomic mass is 10.2. The molecule has 86 valence electrons. The van der Waals surface area contributed by atoms with Gasteiger partial charge < -0.3 is 5.32 Å². The zero-order valence-corrected chi connectivity index (χ0v) is 10.5. The SMILES string of the molecule is CNCc1ccc2nc(C(C)C)c(Cl)n2c1. The third kappa shape index (κ3) is 1.93. The number of nitrogens with zero attached hydrogens (tertiary/aromatic N) is 2. The van der Waals surface area contributed by atoms with Crippen molar-refractivity contribution in [2.75, 3.05) is 7.05 Å². The maximum atomic E-state index is 6.30. The molecule has 0 fully saturated rings. The summed E-state index contributed by atoms with van der Waals surface area (Å²) in [5.41, 5.74) is 3.07. The van der Waals surface area contributed by atoms with Gasteiger partial charge in [-0.2, -0.15) is 0 Å². The Morgan fingerprint density at radius 3 is 2.81 bits per heavy atom. The summed E-state index contributed by atoms with van der Waals surface area (Å²) in [6.07, 6.45) is 2.03. The van der Waals surface area contributed by atoms with E-state index >= 15 is 0 Å². The molecule has 1 N–H and O–H groups in total. The lowest BCUT2D eigenvalue weighted by molar-refractivity contribution is 0.810. The Labute approximate surface area is 100 Å². The van der Waals surface area contributed by atoms with E-state index in [2.05, 4.69) is 30.2 Å². The second kappa shape index (κ2) is 4.44. The van der Waals surface area contributed by atoms with Gasteiger partial charge in [0.2, 0.25) is 0 Å². The summed E-state index contributed by atoms with van der Waals surface area (Å²) in [6, 6.07) is 4.07. The molecule has 16 heavy (non-hydrogen) atoms. The van der Waals surface area contributed by atoms with Crippen LogP contribution in [0.2, 0.25) is 5.15 Å². The van der Waals surface area contributed by atoms with Crippen molar-refractivity contribution in [3.05, 3.63) is 34.7 Å². The predicted octanol–water partition coefficient (Wildman–Crippen LogP) is 2.83. The van der Waals surface area contributed by atoms with Gasteiger partial charge in [0.15, 0.2) is 0 Å². The van der Waals surface area contributed by atoms with Crippen molar-refractivity contribution in [2.45, 2.75) is 26.3 Å². The molecule has 0 aliphatic rings. The van der Waals surface area contributed by atoms with Crippen molar-refractivity contribution in [3.8, 4) is 0 Å². The molecular formula is C12H16ClN3. The first-order valence-electron chi connectivity index (χ1n) is 5.44. The van der Waals surface area contributed by atoms with Gasteiger partial charge in [0.25, 0.3) is 0 Å². The minimum atomic E-state index is 0.347. The molecule has 2 aromatic heterocycles. The van der Waals surface area contributed by atoms with E-state index in [1.165, 1.54) is 5.56 Å². The van der Waals surface area contributed by atoms with Crippen molar-refractivity contribution in [2.24, 2.45) is 0 Å². The van der Waals surface area contributed by atoms with Crippen LogP contribution in [0.1, 0.15) is 31.0 Å². The number of imidazole rings is 1. The summed E-state index contributed by atoms with van der Waals surface area (Å²) in [4.78, 5) is 4.52. The van der Waals surface area contributed by atoms with Gasteiger partial charge in [-0.1, -0.05) is 31.5 Å². The zero-order chi connectivity index (χ0) is 11.7. The van der Waals surface area contributed by atoms with Crippen LogP contribution in [-0.4, -0.2) is 16.4 Å². The molecule has 0 amide bonds. The first-order valence-corrected chi connectivity index (χ1v) is 5.82. The summed E-state index contributed by atoms with van der Waals surface area (Å²) in [6.45, 7) is 5.03. The van der Waals surface area contributed by atoms with Crippen molar-refractivity contribution >= 4 is 17.2 Å². The molecule has 4 heteroatoms. The smallest absolute Gasteiger partial charge is 0.138 e. The largest absolute Gasteiger partial charge is 0.316 e. The Hall–Kier alpha value is -1.06. The fraction of sp³-hybridized carbons (Fsp3) is 0.417. The molecule has 0 aliphatic heterocycles. The third-order valence-corrected chi connectivity index (χ3v) is 2.95. The Morgan fingerprint density at radius 2 is 2.19 bits per heavy atom. The van der Waals surface area contributed by atoms with Gasteiger partial charge in [0.1, 0.15) is 10.8 Å². The first-order chi connectivity index (χ1) is 7.63. The summed E-state index contributed by atoms with van der Waals surface area (Å²) in [5.74, 6) is 0.347. The van der Waals surface area contributed by atoms with E-state index in [1.54, 1.807) is 0 Å². The Bertz CT molecular complexity index is 502. The molecule has 0 radical (unpaired) electrons. The van der Waals surface area contributed by atoms with Crippen LogP contribution in [-0.2, 0) is 6.54 Å². The second-order valence-corrected chi connectivity index (χ2v) is 4.60. The molecule has 0 atom stereocenters. The summed E-state index contributed by atoms with van der Waals surface area (Å²) < 4.78 is 1.95. The van der Waals surface area contributed by atoms with Crippen molar-refractivity contribution < 1.29 is 0 Å². The number of rotatable bonds is 3. The molecule has 0 unspecified atom stereocenters. The first kappa shape index (κ1) is 11.4. The number of aromatic nitrogens is 2. The lowest BCUT2D eigenvalue weighted by Crippen LogP contribution is -2.05. The molecule has 2 heterocycles. The van der Waals surface area contributed by atoms with Gasteiger partial charge in [0.05, 0.1) is 5.69 Å². The predicted molar refractivity (Wildman–Crippen MR) is 67.1 cm³/mol. The maximum Gasteiger partial charge on any atom is 0.138 e. The van der Waals surface area contributed by atoms with Gasteiger partial charge in [0, 0.05) is 12.7 Å². The fourth-order valence-electron chi connectivity index (χ4n) is 1.75. The van der Waals surface area contributed by atoms with Crippen LogP contribution in [0.5, 0.6) is 0 Å². The van der Waals surface area contributed by atoms with E-state index in [1.807, 2.05) is 23.7 Å². The van der Waals surface area contributed by atoms with Crippen LogP contribution >= 0.6 is 11.6 Å². The number of halogens is 1. The van der Waals surface area contributed by atoms with Crippen LogP contribution in [0.3, 0.4) is 0 Å². The van der Waals surface area contributed by atoms with Gasteiger partial charge in [-0.15, -0.1) is 0 Å². The Kier molecular flexibility index (Phi) is 3.17. The Balaban J connectivity index is 2.55. The maximum absolute atomic E-state index is 6.30. The lowest BCUT2D eigenvalue weighted by Gasteiger charge is -2.02. The van der Waals surface area contributed by atoms with Gasteiger partial charge in [-0.25, -0.2) is 4.98 Å². The van der Waals surface area contributed by atoms with Gasteiger partial charge in [-0.3, -0.25) is 4.40 Å². The number of pyridine rings is 1. The average Bonchev–Trinajstić information content (AvgIpc) is 2.57. The molecule has 0 bridgehead atoms. The van der Waals surface area contributed by atoms with Crippen LogP contribution in [0.4, 0.5) is 0 Å². The molecule has 2 rings (SSSR count). The molecule has 0 saturated heterocycles. The van der Waals surface area contributed by atoms with E-state index in [9.17, 15) is 0 Å². The van der Waals surface area contributed by atoms with E-state index in [0.29, 0.717) is 5.92 Å². The molecule has 0 spiro atoms. The highest BCUT2D eigenvalue weighted by Crippen LogP contribution is 2.25. The average molecular weight is 238 g/mol. The van der Waals surface area contributed by atoms with E-state index in [4.69, 9.17) is 11.6 Å². The third-order valence-electron chi connectivity index (χ3n) is 2.57. The summed E-state index contributed by atoms with van der Waals surface area (Å²) in [5, 5.41) is 3.85. The van der Waals surface area contributed by atoms with Crippen LogP contribution in [0, 0.1) is 0 Å². The topological polar surface area (TPSA) is 29.3 Å². The molecule has 0 aliphatic carbocycles. The van der Waals surface area contributed by atoms with Crippen LogP contribution in [0.25, 0.3) is 5.65 Å². The van der Waals surface area contributed by atoms with E-state index in [0.717, 1.165) is 23.0 Å². The summed E-state index contributed by atoms with van der Waals surface area (Å²) in [7, 11) is 1.93. The van der Waals surface area contributed by atoms with Crippen molar-refractivity contribution in [3.63, 3.8) is 0 Å². The fourth-order valence-corrected chi connectivity index (χ4v) is 2.15. The minimum absolute atomic E-state index is 0.347. The second-order valence-electron chi connectivity index (χ2n) is 4.24. The van der Waals surface area contributed by atoms with Crippen LogP contribution in [0.15, 0.2) is 18.3 Å². The quantitative estimate of drug-likeness (QED) is 0.890. The van der Waals surface area contributed by atoms with Gasteiger partial charge >= 0.3 is 0 Å². The van der Waals surface area contributed by atoms with Crippen molar-refractivity contribution in [1.82, 2.24) is 14.7 Å². The normalized spacial score (nSPS) is 11.6. The Morgan fingerprint density at radius 1 is 1.44 bits per heavy atom. The molecule has 3 nitrogen and oxygen atoms in total. The molecule has 0 saturated carbocycles. The highest BCUT2D eigenvalue weighted by Gasteiger charge is 2.12. The van der Waals surface area contributed by atoms with Gasteiger partial charge in [-0.05, 0) is 24.6 Å². The highest BCUT2D eigenvalue weighted by molar-refractivity contribution is 6.30. The van der Waals surface area contributed by atoms with Crippen LogP contribution < -0.4 is 5.32 Å². The number of fused-ring (bicyclic) bond motifs is 1. The van der Waals surface area contributed by atoms with E-state index in [-0.39, 0.29) is 0 Å². The van der Waals surface area contributed by atoms with Crippen molar-refractivity contribution in [1.29, 1.82) is 0 Å². The van der Waals surface area contributed by atoms with E-state index < -0.39 is 0 Å². The minimum Gasteiger partial charge on any atom is -0.316 e. The zero-order valence-electron chi connectivity index (χ0n) is 9.79. The standard InChI is InChI=1S/C12H16ClN3/c1-8(2)11-12(13)16-7-9(6-14-3)4-5-10(16)15-11/h4-5,7-8,14H,6H2,1-3H3.